The molecule has 1 saturated carbocycles. The monoisotopic (exact) mass is 399 g/mol. The minimum absolute atomic E-state index is 0.103. The Bertz CT molecular complexity index is 712. The van der Waals surface area contributed by atoms with Gasteiger partial charge in [0.25, 0.3) is 0 Å². The number of hydrogen-bond acceptors (Lipinski definition) is 4. The van der Waals surface area contributed by atoms with Gasteiger partial charge in [0.05, 0.1) is 11.5 Å². The zero-order chi connectivity index (χ0) is 18.6. The van der Waals surface area contributed by atoms with Gasteiger partial charge in [0.2, 0.25) is 10.0 Å². The van der Waals surface area contributed by atoms with Crippen LogP contribution in [0.4, 0.5) is 0 Å². The second-order valence-corrected chi connectivity index (χ2v) is 11.1. The van der Waals surface area contributed by atoms with Crippen LogP contribution in [-0.2, 0) is 20.8 Å². The molecule has 2 aliphatic rings. The normalized spacial score (nSPS) is 26.3. The lowest BCUT2D eigenvalue weighted by atomic mass is 9.90. The van der Waals surface area contributed by atoms with Gasteiger partial charge in [-0.1, -0.05) is 26.2 Å². The molecule has 2 atom stereocenters. The number of sulfonamides is 1. The van der Waals surface area contributed by atoms with Crippen molar-refractivity contribution < 1.29 is 17.4 Å². The van der Waals surface area contributed by atoms with Crippen molar-refractivity contribution in [2.45, 2.75) is 43.9 Å². The van der Waals surface area contributed by atoms with Crippen LogP contribution in [0.25, 0.3) is 0 Å². The number of rotatable bonds is 5. The Hall–Kier alpha value is -0.920. The largest absolute Gasteiger partial charge is 0.493 e. The van der Waals surface area contributed by atoms with Gasteiger partial charge < -0.3 is 4.74 Å². The highest BCUT2D eigenvalue weighted by Crippen LogP contribution is 2.26. The van der Waals surface area contributed by atoms with Crippen LogP contribution in [0, 0.1) is 11.8 Å². The summed E-state index contributed by atoms with van der Waals surface area (Å²) in [5, 5.41) is 0. The Morgan fingerprint density at radius 2 is 1.85 bits per heavy atom. The fraction of sp³-hybridized carbons (Fsp3) is 0.684. The summed E-state index contributed by atoms with van der Waals surface area (Å²) in [5.41, 5.74) is 0. The van der Waals surface area contributed by atoms with E-state index in [9.17, 15) is 12.6 Å². The third-order valence-electron chi connectivity index (χ3n) is 5.23. The van der Waals surface area contributed by atoms with Gasteiger partial charge in [-0.25, -0.2) is 8.42 Å². The molecule has 146 valence electrons. The highest BCUT2D eigenvalue weighted by Gasteiger charge is 2.29. The SMILES string of the molecule is CC1CN(S(=O)(=O)c2ccc(OCC3CCCCC3)cc2)CCS(=O)C1. The molecule has 2 unspecified atom stereocenters. The lowest BCUT2D eigenvalue weighted by Gasteiger charge is -2.22. The summed E-state index contributed by atoms with van der Waals surface area (Å²) in [7, 11) is -4.49. The second-order valence-electron chi connectivity index (χ2n) is 7.57. The van der Waals surface area contributed by atoms with Crippen molar-refractivity contribution in [3.05, 3.63) is 24.3 Å². The summed E-state index contributed by atoms with van der Waals surface area (Å²) in [6.45, 7) is 3.41. The topological polar surface area (TPSA) is 63.7 Å². The van der Waals surface area contributed by atoms with E-state index >= 15 is 0 Å². The van der Waals surface area contributed by atoms with Crippen molar-refractivity contribution in [1.82, 2.24) is 4.31 Å². The maximum atomic E-state index is 12.9. The summed E-state index contributed by atoms with van der Waals surface area (Å²) < 4.78 is 44.9. The molecule has 2 fully saturated rings. The Balaban J connectivity index is 1.63. The predicted molar refractivity (Wildman–Crippen MR) is 104 cm³/mol. The Kier molecular flexibility index (Phi) is 6.75. The number of nitrogens with zero attached hydrogens (tertiary/aromatic N) is 1. The van der Waals surface area contributed by atoms with Crippen LogP contribution in [0.5, 0.6) is 5.75 Å². The Morgan fingerprint density at radius 1 is 1.15 bits per heavy atom. The maximum absolute atomic E-state index is 12.9. The van der Waals surface area contributed by atoms with Gasteiger partial charge in [0.1, 0.15) is 5.75 Å². The summed E-state index contributed by atoms with van der Waals surface area (Å²) in [5.74, 6) is 2.42. The standard InChI is InChI=1S/C19H29NO4S2/c1-16-13-20(11-12-25(21)15-16)26(22,23)19-9-7-18(8-10-19)24-14-17-5-3-2-4-6-17/h7-10,16-17H,2-6,11-15H2,1H3. The van der Waals surface area contributed by atoms with E-state index in [2.05, 4.69) is 0 Å². The molecule has 1 saturated heterocycles. The quantitative estimate of drug-likeness (QED) is 0.763. The first-order chi connectivity index (χ1) is 12.4. The van der Waals surface area contributed by atoms with Gasteiger partial charge in [0.15, 0.2) is 0 Å². The fourth-order valence-corrected chi connectivity index (χ4v) is 6.75. The van der Waals surface area contributed by atoms with E-state index in [1.165, 1.54) is 36.4 Å². The first kappa shape index (κ1) is 19.8. The smallest absolute Gasteiger partial charge is 0.243 e. The van der Waals surface area contributed by atoms with Crippen molar-refractivity contribution in [1.29, 1.82) is 0 Å². The zero-order valence-electron chi connectivity index (χ0n) is 15.4. The highest BCUT2D eigenvalue weighted by atomic mass is 32.2. The molecule has 1 aromatic carbocycles. The summed E-state index contributed by atoms with van der Waals surface area (Å²) >= 11 is 0. The first-order valence-electron chi connectivity index (χ1n) is 9.53. The average Bonchev–Trinajstić information content (AvgIpc) is 2.82. The van der Waals surface area contributed by atoms with E-state index in [0.717, 1.165) is 5.75 Å². The predicted octanol–water partition coefficient (Wildman–Crippen LogP) is 3.03. The molecule has 5 nitrogen and oxygen atoms in total. The van der Waals surface area contributed by atoms with Gasteiger partial charge in [-0.3, -0.25) is 4.21 Å². The third kappa shape index (κ3) is 5.08. The maximum Gasteiger partial charge on any atom is 0.243 e. The molecule has 1 aliphatic heterocycles. The van der Waals surface area contributed by atoms with E-state index in [-0.39, 0.29) is 10.8 Å². The lowest BCUT2D eigenvalue weighted by molar-refractivity contribution is 0.208. The van der Waals surface area contributed by atoms with Crippen molar-refractivity contribution in [2.75, 3.05) is 31.2 Å². The molecule has 0 amide bonds. The molecule has 0 spiro atoms. The minimum Gasteiger partial charge on any atom is -0.493 e. The molecular formula is C19H29NO4S2. The number of benzene rings is 1. The van der Waals surface area contributed by atoms with Crippen molar-refractivity contribution in [3.8, 4) is 5.75 Å². The Morgan fingerprint density at radius 3 is 2.54 bits per heavy atom. The molecule has 0 aromatic heterocycles. The van der Waals surface area contributed by atoms with E-state index in [1.807, 2.05) is 6.92 Å². The molecule has 3 rings (SSSR count). The van der Waals surface area contributed by atoms with Crippen LogP contribution in [0.3, 0.4) is 0 Å². The minimum atomic E-state index is -3.55. The van der Waals surface area contributed by atoms with Gasteiger partial charge in [-0.15, -0.1) is 0 Å². The fourth-order valence-electron chi connectivity index (χ4n) is 3.74. The van der Waals surface area contributed by atoms with Gasteiger partial charge in [-0.05, 0) is 48.9 Å². The summed E-state index contributed by atoms with van der Waals surface area (Å²) in [6.07, 6.45) is 6.34. The zero-order valence-corrected chi connectivity index (χ0v) is 17.1. The highest BCUT2D eigenvalue weighted by molar-refractivity contribution is 7.89. The van der Waals surface area contributed by atoms with Crippen molar-refractivity contribution >= 4 is 20.8 Å². The van der Waals surface area contributed by atoms with Crippen LogP contribution in [-0.4, -0.2) is 48.1 Å². The lowest BCUT2D eigenvalue weighted by Crippen LogP contribution is -2.35. The number of ether oxygens (including phenoxy) is 1. The van der Waals surface area contributed by atoms with Crippen LogP contribution >= 0.6 is 0 Å². The molecular weight excluding hydrogens is 370 g/mol. The molecule has 0 bridgehead atoms. The molecule has 0 radical (unpaired) electrons. The van der Waals surface area contributed by atoms with Crippen LogP contribution in [0.15, 0.2) is 29.2 Å². The van der Waals surface area contributed by atoms with E-state index in [4.69, 9.17) is 4.74 Å². The molecule has 1 aromatic rings. The molecule has 1 aliphatic carbocycles. The van der Waals surface area contributed by atoms with E-state index in [0.29, 0.717) is 37.1 Å². The average molecular weight is 400 g/mol. The number of hydrogen-bond donors (Lipinski definition) is 0. The van der Waals surface area contributed by atoms with Crippen molar-refractivity contribution in [3.63, 3.8) is 0 Å². The van der Waals surface area contributed by atoms with Gasteiger partial charge in [-0.2, -0.15) is 4.31 Å². The van der Waals surface area contributed by atoms with Crippen LogP contribution < -0.4 is 4.74 Å². The first-order valence-corrected chi connectivity index (χ1v) is 12.5. The Labute approximate surface area is 159 Å². The molecule has 26 heavy (non-hydrogen) atoms. The van der Waals surface area contributed by atoms with Crippen LogP contribution in [0.1, 0.15) is 39.0 Å². The molecule has 1 heterocycles. The third-order valence-corrected chi connectivity index (χ3v) is 8.68. The van der Waals surface area contributed by atoms with Crippen molar-refractivity contribution in [2.24, 2.45) is 11.8 Å². The summed E-state index contributed by atoms with van der Waals surface area (Å²) in [6, 6.07) is 6.74. The summed E-state index contributed by atoms with van der Waals surface area (Å²) in [4.78, 5) is 0.280. The molecule has 7 heteroatoms. The van der Waals surface area contributed by atoms with E-state index < -0.39 is 20.8 Å². The second kappa shape index (κ2) is 8.85. The van der Waals surface area contributed by atoms with E-state index in [1.54, 1.807) is 24.3 Å². The molecule has 0 N–H and O–H groups in total. The van der Waals surface area contributed by atoms with Gasteiger partial charge in [0, 0.05) is 35.4 Å². The van der Waals surface area contributed by atoms with Gasteiger partial charge >= 0.3 is 0 Å². The van der Waals surface area contributed by atoms with Crippen LogP contribution in [0.2, 0.25) is 0 Å².